The summed E-state index contributed by atoms with van der Waals surface area (Å²) in [5, 5.41) is 30.0. The van der Waals surface area contributed by atoms with Crippen molar-refractivity contribution in [2.75, 3.05) is 0 Å². The van der Waals surface area contributed by atoms with Gasteiger partial charge in [-0.05, 0) is 60.0 Å². The Hall–Kier alpha value is -2.31. The van der Waals surface area contributed by atoms with Gasteiger partial charge in [0, 0.05) is 5.41 Å². The third-order valence-electron chi connectivity index (χ3n) is 8.56. The monoisotopic (exact) mass is 311 g/mol. The van der Waals surface area contributed by atoms with Crippen molar-refractivity contribution in [3.8, 4) is 18.2 Å². The molecule has 5 aliphatic carbocycles. The molecule has 24 heavy (non-hydrogen) atoms. The molecule has 4 saturated carbocycles. The molecule has 0 amide bonds. The lowest BCUT2D eigenvalue weighted by atomic mass is 9.64. The van der Waals surface area contributed by atoms with Gasteiger partial charge in [0.2, 0.25) is 0 Å². The Bertz CT molecular complexity index is 914. The number of benzene rings is 1. The Labute approximate surface area is 141 Å². The van der Waals surface area contributed by atoms with Crippen LogP contribution in [0, 0.1) is 68.5 Å². The van der Waals surface area contributed by atoms with E-state index in [1.807, 2.05) is 6.07 Å². The summed E-state index contributed by atoms with van der Waals surface area (Å²) in [6.45, 7) is 0. The highest BCUT2D eigenvalue weighted by Crippen LogP contribution is 2.94. The Morgan fingerprint density at radius 2 is 1.79 bits per heavy atom. The Kier molecular flexibility index (Phi) is 1.92. The molecule has 1 spiro atoms. The first kappa shape index (κ1) is 13.0. The number of rotatable bonds is 0. The van der Waals surface area contributed by atoms with Crippen molar-refractivity contribution in [3.63, 3.8) is 0 Å². The van der Waals surface area contributed by atoms with Gasteiger partial charge in [0.05, 0.1) is 23.6 Å². The van der Waals surface area contributed by atoms with Gasteiger partial charge in [-0.1, -0.05) is 30.7 Å². The summed E-state index contributed by atoms with van der Waals surface area (Å²) >= 11 is 0. The van der Waals surface area contributed by atoms with Gasteiger partial charge in [-0.15, -0.1) is 0 Å². The Balaban J connectivity index is 1.66. The first-order valence-corrected chi connectivity index (χ1v) is 9.05. The molecular weight excluding hydrogens is 294 g/mol. The van der Waals surface area contributed by atoms with E-state index in [2.05, 4.69) is 36.4 Å². The van der Waals surface area contributed by atoms with Crippen LogP contribution in [0.3, 0.4) is 0 Å². The van der Waals surface area contributed by atoms with E-state index in [4.69, 9.17) is 0 Å². The normalized spacial score (nSPS) is 50.0. The van der Waals surface area contributed by atoms with Gasteiger partial charge >= 0.3 is 0 Å². The molecule has 1 aromatic rings. The molecule has 116 valence electrons. The van der Waals surface area contributed by atoms with E-state index < -0.39 is 10.8 Å². The fourth-order valence-electron chi connectivity index (χ4n) is 8.26. The zero-order chi connectivity index (χ0) is 16.3. The Morgan fingerprint density at radius 1 is 1.00 bits per heavy atom. The second-order valence-corrected chi connectivity index (χ2v) is 8.65. The van der Waals surface area contributed by atoms with Crippen molar-refractivity contribution >= 4 is 0 Å². The summed E-state index contributed by atoms with van der Waals surface area (Å²) in [6.07, 6.45) is 3.94. The van der Waals surface area contributed by atoms with Crippen LogP contribution in [0.2, 0.25) is 0 Å². The highest BCUT2D eigenvalue weighted by Gasteiger charge is 2.94. The maximum atomic E-state index is 10.2. The van der Waals surface area contributed by atoms with Crippen LogP contribution in [-0.4, -0.2) is 0 Å². The smallest absolute Gasteiger partial charge is 0.147 e. The number of nitrogens with zero attached hydrogens (tertiary/aromatic N) is 3. The average Bonchev–Trinajstić information content (AvgIpc) is 2.88. The van der Waals surface area contributed by atoms with Crippen molar-refractivity contribution in [1.82, 2.24) is 0 Å². The molecule has 7 atom stereocenters. The first-order chi connectivity index (χ1) is 11.7. The zero-order valence-electron chi connectivity index (χ0n) is 13.4. The van der Waals surface area contributed by atoms with E-state index >= 15 is 0 Å². The van der Waals surface area contributed by atoms with E-state index in [1.54, 1.807) is 0 Å². The summed E-state index contributed by atoms with van der Waals surface area (Å²) < 4.78 is 0. The predicted octanol–water partition coefficient (Wildman–Crippen LogP) is 3.64. The van der Waals surface area contributed by atoms with Crippen LogP contribution in [0.15, 0.2) is 24.3 Å². The topological polar surface area (TPSA) is 71.4 Å². The molecule has 0 N–H and O–H groups in total. The van der Waals surface area contributed by atoms with Crippen LogP contribution >= 0.6 is 0 Å². The molecule has 3 heteroatoms. The SMILES string of the molecule is N#CC1(C#N)CC23C4[C@@H](c5ccccc5[C@@]42C#N)[C@@H]2CCC[C@H]1[C@@H]23. The lowest BCUT2D eigenvalue weighted by Crippen LogP contribution is -2.35. The lowest BCUT2D eigenvalue weighted by molar-refractivity contribution is 0.123. The third kappa shape index (κ3) is 0.915. The number of nitriles is 3. The van der Waals surface area contributed by atoms with Gasteiger partial charge in [-0.2, -0.15) is 15.8 Å². The number of hydrogen-bond donors (Lipinski definition) is 0. The molecule has 3 nitrogen and oxygen atoms in total. The van der Waals surface area contributed by atoms with Crippen molar-refractivity contribution < 1.29 is 0 Å². The minimum atomic E-state index is -0.864. The second-order valence-electron chi connectivity index (χ2n) is 8.65. The quantitative estimate of drug-likeness (QED) is 0.734. The predicted molar refractivity (Wildman–Crippen MR) is 85.0 cm³/mol. The van der Waals surface area contributed by atoms with Crippen LogP contribution in [0.4, 0.5) is 0 Å². The molecule has 5 aliphatic rings. The van der Waals surface area contributed by atoms with Crippen molar-refractivity contribution in [2.24, 2.45) is 34.5 Å². The van der Waals surface area contributed by atoms with Gasteiger partial charge in [0.25, 0.3) is 0 Å². The van der Waals surface area contributed by atoms with Crippen LogP contribution < -0.4 is 0 Å². The third-order valence-corrected chi connectivity index (χ3v) is 8.56. The van der Waals surface area contributed by atoms with Gasteiger partial charge in [0.15, 0.2) is 0 Å². The van der Waals surface area contributed by atoms with Crippen LogP contribution in [0.5, 0.6) is 0 Å². The van der Waals surface area contributed by atoms with E-state index in [0.29, 0.717) is 30.1 Å². The maximum Gasteiger partial charge on any atom is 0.147 e. The molecule has 1 aromatic carbocycles. The molecule has 4 fully saturated rings. The summed E-state index contributed by atoms with van der Waals surface area (Å²) in [5.41, 5.74) is 1.25. The molecule has 0 radical (unpaired) electrons. The summed E-state index contributed by atoms with van der Waals surface area (Å²) in [6, 6.07) is 16.1. The average molecular weight is 311 g/mol. The standard InChI is InChI=1S/C21H17N3/c22-9-19(10-23)8-20-17-13(5-3-7-15(17)19)16-12-4-1-2-6-14(12)21(20,11-24)18(16)20/h1-2,4,6,13,15-18H,3,5,7-8H2/t13-,15-,16-,17+,18?,20?,21-/m0/s1. The molecule has 2 unspecified atom stereocenters. The lowest BCUT2D eigenvalue weighted by Gasteiger charge is -2.38. The molecule has 0 bridgehead atoms. The van der Waals surface area contributed by atoms with E-state index in [9.17, 15) is 15.8 Å². The summed E-state index contributed by atoms with van der Waals surface area (Å²) in [4.78, 5) is 0. The van der Waals surface area contributed by atoms with Crippen molar-refractivity contribution in [1.29, 1.82) is 15.8 Å². The summed E-state index contributed by atoms with van der Waals surface area (Å²) in [5.74, 6) is 1.98. The fraction of sp³-hybridized carbons (Fsp3) is 0.571. The van der Waals surface area contributed by atoms with Crippen molar-refractivity contribution in [3.05, 3.63) is 35.4 Å². The van der Waals surface area contributed by atoms with Crippen LogP contribution in [0.25, 0.3) is 0 Å². The minimum Gasteiger partial charge on any atom is -0.197 e. The highest BCUT2D eigenvalue weighted by molar-refractivity contribution is 5.66. The van der Waals surface area contributed by atoms with E-state index in [0.717, 1.165) is 12.8 Å². The second kappa shape index (κ2) is 3.53. The first-order valence-electron chi connectivity index (χ1n) is 9.05. The number of fused-ring (bicyclic) bond motifs is 4. The van der Waals surface area contributed by atoms with Gasteiger partial charge in [-0.25, -0.2) is 0 Å². The molecule has 0 heterocycles. The molecule has 0 aromatic heterocycles. The molecule has 0 aliphatic heterocycles. The molecular formula is C21H17N3. The Morgan fingerprint density at radius 3 is 2.54 bits per heavy atom. The fourth-order valence-corrected chi connectivity index (χ4v) is 8.26. The van der Waals surface area contributed by atoms with E-state index in [-0.39, 0.29) is 11.3 Å². The summed E-state index contributed by atoms with van der Waals surface area (Å²) in [7, 11) is 0. The van der Waals surface area contributed by atoms with Gasteiger partial charge in [0.1, 0.15) is 5.41 Å². The highest BCUT2D eigenvalue weighted by atomic mass is 14.9. The number of hydrogen-bond acceptors (Lipinski definition) is 3. The molecule has 6 rings (SSSR count). The minimum absolute atomic E-state index is 0.0953. The largest absolute Gasteiger partial charge is 0.197 e. The van der Waals surface area contributed by atoms with Crippen LogP contribution in [0.1, 0.15) is 42.7 Å². The van der Waals surface area contributed by atoms with E-state index in [1.165, 1.54) is 17.5 Å². The maximum absolute atomic E-state index is 10.2. The van der Waals surface area contributed by atoms with Crippen LogP contribution in [-0.2, 0) is 5.41 Å². The van der Waals surface area contributed by atoms with Gasteiger partial charge in [-0.3, -0.25) is 0 Å². The zero-order valence-corrected chi connectivity index (χ0v) is 13.4. The van der Waals surface area contributed by atoms with Gasteiger partial charge < -0.3 is 0 Å². The molecule has 0 saturated heterocycles. The van der Waals surface area contributed by atoms with Crippen molar-refractivity contribution in [2.45, 2.75) is 37.0 Å².